The molecule has 7 heavy (non-hydrogen) atoms. The van der Waals surface area contributed by atoms with E-state index >= 15 is 0 Å². The average molecular weight is 347 g/mol. The van der Waals surface area contributed by atoms with Gasteiger partial charge in [-0.25, -0.2) is 0 Å². The Balaban J connectivity index is -0.000000000500. The Morgan fingerprint density at radius 1 is 0.857 bits per heavy atom. The first-order chi connectivity index (χ1) is 1.00. The van der Waals surface area contributed by atoms with Crippen molar-refractivity contribution in [1.29, 1.82) is 0 Å². The molecule has 0 atom stereocenters. The van der Waals surface area contributed by atoms with Gasteiger partial charge in [0.1, 0.15) is 0 Å². The molecule has 0 saturated heterocycles. The summed E-state index contributed by atoms with van der Waals surface area (Å²) in [7, 11) is 0. The predicted molar refractivity (Wildman–Crippen MR) is 30.3 cm³/mol. The summed E-state index contributed by atoms with van der Waals surface area (Å²) < 4.78 is 0. The van der Waals surface area contributed by atoms with E-state index in [0.717, 1.165) is 0 Å². The maximum absolute atomic E-state index is 3.25. The van der Waals surface area contributed by atoms with Crippen molar-refractivity contribution in [1.82, 2.24) is 0 Å². The number of hydrogen-bond acceptors (Lipinski definition) is 0. The first-order valence-corrected chi connectivity index (χ1v) is 0.707. The molecule has 0 unspecified atom stereocenters. The van der Waals surface area contributed by atoms with Crippen LogP contribution in [0.3, 0.4) is 0 Å². The number of hydrogen-bond donors (Lipinski definition) is 0. The Labute approximate surface area is 89.0 Å². The molecule has 0 amide bonds. The molecule has 0 aliphatic carbocycles. The summed E-state index contributed by atoms with van der Waals surface area (Å²) in [6.45, 7) is 5.00. The molecule has 0 aliphatic heterocycles. The van der Waals surface area contributed by atoms with Gasteiger partial charge in [-0.2, -0.15) is 6.92 Å². The summed E-state index contributed by atoms with van der Waals surface area (Å²) in [6.07, 6.45) is 0. The molecule has 2 heteroatoms. The van der Waals surface area contributed by atoms with Crippen molar-refractivity contribution in [2.24, 2.45) is 0 Å². The van der Waals surface area contributed by atoms with Gasteiger partial charge in [-0.3, -0.25) is 0 Å². The maximum atomic E-state index is 3.25. The molecule has 0 aromatic carbocycles. The third-order valence-corrected chi connectivity index (χ3v) is 0. The van der Waals surface area contributed by atoms with Crippen molar-refractivity contribution in [2.75, 3.05) is 0 Å². The van der Waals surface area contributed by atoms with Gasteiger partial charge in [-0.05, 0) is 0 Å². The van der Waals surface area contributed by atoms with Crippen LogP contribution in [0.15, 0.2) is 0 Å². The quantitative estimate of drug-likeness (QED) is 0.590. The molecule has 0 nitrogen and oxygen atoms in total. The van der Waals surface area contributed by atoms with Crippen molar-refractivity contribution in [2.45, 2.75) is 6.92 Å². The van der Waals surface area contributed by atoms with Crippen LogP contribution in [0.2, 0.25) is 0 Å². The Morgan fingerprint density at radius 2 is 0.857 bits per heavy atom. The van der Waals surface area contributed by atoms with Crippen LogP contribution in [0, 0.1) is 29.2 Å². The molecule has 0 N–H and O–H groups in total. The molecule has 0 spiro atoms. The van der Waals surface area contributed by atoms with Gasteiger partial charge in [-0.1, -0.05) is 0 Å². The molecular weight excluding hydrogens is 333 g/mol. The van der Waals surface area contributed by atoms with Crippen LogP contribution >= 0.6 is 0 Å². The van der Waals surface area contributed by atoms with Crippen LogP contribution in [0.5, 0.6) is 0 Å². The van der Waals surface area contributed by atoms with Crippen molar-refractivity contribution in [3.8, 4) is 0 Å². The fourth-order valence-electron chi connectivity index (χ4n) is 0. The fourth-order valence-corrected chi connectivity index (χ4v) is 0. The minimum absolute atomic E-state index is 0. The molecule has 0 saturated carbocycles. The number of rotatable bonds is 0. The smallest absolute Gasteiger partial charge is 0.358 e. The molecule has 45 valence electrons. The van der Waals surface area contributed by atoms with Crippen LogP contribution in [0.25, 0.3) is 0 Å². The third-order valence-electron chi connectivity index (χ3n) is 0. The molecule has 0 aromatic heterocycles. The van der Waals surface area contributed by atoms with Gasteiger partial charge >= 0.3 is 21.1 Å². The van der Waals surface area contributed by atoms with Crippen LogP contribution < -0.4 is 0 Å². The summed E-state index contributed by atoms with van der Waals surface area (Å²) in [5.41, 5.74) is 0. The van der Waals surface area contributed by atoms with E-state index in [1.165, 1.54) is 0 Å². The van der Waals surface area contributed by atoms with Crippen molar-refractivity contribution < 1.29 is 53.8 Å². The summed E-state index contributed by atoms with van der Waals surface area (Å²) >= 11 is 0. The van der Waals surface area contributed by atoms with Crippen molar-refractivity contribution in [3.63, 3.8) is 0 Å². The zero-order chi connectivity index (χ0) is 2.00. The standard InChI is InChI=1S/C2H5.3CH3.W.Y/c1-2;;;;;/h1H2,2H3;3*1H3;;/q4*-1;+2;. The molecule has 1 radical (unpaired) electrons. The Kier molecular flexibility index (Phi) is 1090. The van der Waals surface area contributed by atoms with E-state index in [0.29, 0.717) is 0 Å². The van der Waals surface area contributed by atoms with Gasteiger partial charge in [0.2, 0.25) is 0 Å². The van der Waals surface area contributed by atoms with E-state index in [2.05, 4.69) is 6.92 Å². The van der Waals surface area contributed by atoms with Crippen LogP contribution in [0.1, 0.15) is 6.92 Å². The van der Waals surface area contributed by atoms with Crippen molar-refractivity contribution in [3.05, 3.63) is 29.2 Å². The van der Waals surface area contributed by atoms with Gasteiger partial charge in [0, 0.05) is 32.7 Å². The third kappa shape index (κ3) is 81.4. The van der Waals surface area contributed by atoms with Crippen LogP contribution in [-0.4, -0.2) is 0 Å². The molecule has 0 bridgehead atoms. The molecule has 0 fully saturated rings. The second-order valence-corrected chi connectivity index (χ2v) is 0. The van der Waals surface area contributed by atoms with Crippen LogP contribution in [0.4, 0.5) is 0 Å². The van der Waals surface area contributed by atoms with E-state index < -0.39 is 0 Å². The van der Waals surface area contributed by atoms with E-state index in [1.807, 2.05) is 0 Å². The van der Waals surface area contributed by atoms with E-state index in [-0.39, 0.29) is 76.1 Å². The topological polar surface area (TPSA) is 0 Å². The normalized spacial score (nSPS) is 0.857. The van der Waals surface area contributed by atoms with E-state index in [9.17, 15) is 0 Å². The van der Waals surface area contributed by atoms with Gasteiger partial charge in [0.25, 0.3) is 0 Å². The van der Waals surface area contributed by atoms with E-state index in [4.69, 9.17) is 0 Å². The molecular formula is C5H14WY-2. The zero-order valence-corrected chi connectivity index (χ0v) is 11.5. The zero-order valence-electron chi connectivity index (χ0n) is 5.69. The minimum atomic E-state index is 0. The predicted octanol–water partition coefficient (Wildman–Crippen LogP) is 2.19. The monoisotopic (exact) mass is 347 g/mol. The van der Waals surface area contributed by atoms with Gasteiger partial charge < -0.3 is 29.2 Å². The second kappa shape index (κ2) is 112. The average Bonchev–Trinajstić information content (AvgIpc) is 1.00. The summed E-state index contributed by atoms with van der Waals surface area (Å²) in [4.78, 5) is 0. The SMILES string of the molecule is [CH2-]C.[CH3-].[CH3-].[CH3-].[W+2].[Y]. The summed E-state index contributed by atoms with van der Waals surface area (Å²) in [5.74, 6) is 0. The molecule has 0 aliphatic rings. The molecule has 0 aromatic rings. The molecule has 0 heterocycles. The first kappa shape index (κ1) is 68.5. The van der Waals surface area contributed by atoms with E-state index in [1.54, 1.807) is 6.92 Å². The van der Waals surface area contributed by atoms with Gasteiger partial charge in [-0.15, -0.1) is 0 Å². The Bertz CT molecular complexity index is 8.04. The first-order valence-electron chi connectivity index (χ1n) is 0.707. The molecule has 0 rings (SSSR count). The fraction of sp³-hybridized carbons (Fsp3) is 0.200. The van der Waals surface area contributed by atoms with Gasteiger partial charge in [0.15, 0.2) is 0 Å². The largest absolute Gasteiger partial charge is 2.00 e. The van der Waals surface area contributed by atoms with Crippen molar-refractivity contribution >= 4 is 0 Å². The minimum Gasteiger partial charge on any atom is -0.358 e. The summed E-state index contributed by atoms with van der Waals surface area (Å²) in [6, 6.07) is 0. The Morgan fingerprint density at radius 3 is 0.857 bits per heavy atom. The Hall–Kier alpha value is 1.79. The second-order valence-electron chi connectivity index (χ2n) is 0. The van der Waals surface area contributed by atoms with Gasteiger partial charge in [0.05, 0.1) is 0 Å². The maximum Gasteiger partial charge on any atom is 2.00 e. The van der Waals surface area contributed by atoms with Crippen LogP contribution in [-0.2, 0) is 53.8 Å². The summed E-state index contributed by atoms with van der Waals surface area (Å²) in [5, 5.41) is 0.